The Morgan fingerprint density at radius 1 is 1.45 bits per heavy atom. The molecule has 1 aromatic heterocycles. The maximum Gasteiger partial charge on any atom is 0.246 e. The first-order valence-corrected chi connectivity index (χ1v) is 8.18. The summed E-state index contributed by atoms with van der Waals surface area (Å²) in [6.07, 6.45) is 5.03. The Hall–Kier alpha value is -0.960. The summed E-state index contributed by atoms with van der Waals surface area (Å²) in [6.45, 7) is 1.52. The third-order valence-electron chi connectivity index (χ3n) is 3.53. The van der Waals surface area contributed by atoms with Crippen LogP contribution in [-0.2, 0) is 21.3 Å². The fraction of sp³-hybridized carbons (Fsp3) is 0.750. The van der Waals surface area contributed by atoms with E-state index in [4.69, 9.17) is 9.84 Å². The fourth-order valence-electron chi connectivity index (χ4n) is 2.29. The van der Waals surface area contributed by atoms with Crippen LogP contribution >= 0.6 is 0 Å². The van der Waals surface area contributed by atoms with Crippen LogP contribution in [0.1, 0.15) is 19.3 Å². The minimum absolute atomic E-state index is 0.0620. The summed E-state index contributed by atoms with van der Waals surface area (Å²) in [7, 11) is -1.81. The van der Waals surface area contributed by atoms with Gasteiger partial charge in [0.1, 0.15) is 4.90 Å². The first-order valence-electron chi connectivity index (χ1n) is 6.74. The van der Waals surface area contributed by atoms with Crippen molar-refractivity contribution < 1.29 is 18.3 Å². The van der Waals surface area contributed by atoms with E-state index in [9.17, 15) is 8.42 Å². The molecule has 0 saturated carbocycles. The van der Waals surface area contributed by atoms with Crippen LogP contribution in [0.25, 0.3) is 0 Å². The van der Waals surface area contributed by atoms with Crippen molar-refractivity contribution in [2.45, 2.75) is 36.8 Å². The molecular weight excluding hydrogens is 282 g/mol. The van der Waals surface area contributed by atoms with Crippen LogP contribution in [0, 0.1) is 0 Å². The van der Waals surface area contributed by atoms with Crippen LogP contribution in [0.4, 0.5) is 0 Å². The van der Waals surface area contributed by atoms with Crippen LogP contribution in [-0.4, -0.2) is 60.5 Å². The average molecular weight is 303 g/mol. The van der Waals surface area contributed by atoms with E-state index in [-0.39, 0.29) is 17.6 Å². The van der Waals surface area contributed by atoms with Gasteiger partial charge in [-0.2, -0.15) is 9.40 Å². The highest BCUT2D eigenvalue weighted by Gasteiger charge is 2.30. The molecule has 114 valence electrons. The van der Waals surface area contributed by atoms with Crippen LogP contribution in [0.3, 0.4) is 0 Å². The van der Waals surface area contributed by atoms with Gasteiger partial charge in [0.2, 0.25) is 10.0 Å². The summed E-state index contributed by atoms with van der Waals surface area (Å²) in [4.78, 5) is 0.214. The van der Waals surface area contributed by atoms with Gasteiger partial charge in [0.25, 0.3) is 0 Å². The minimum atomic E-state index is -3.47. The van der Waals surface area contributed by atoms with Crippen LogP contribution in [0.15, 0.2) is 17.3 Å². The van der Waals surface area contributed by atoms with Crippen molar-refractivity contribution in [3.05, 3.63) is 12.4 Å². The monoisotopic (exact) mass is 303 g/mol. The summed E-state index contributed by atoms with van der Waals surface area (Å²) in [5, 5.41) is 12.8. The Kier molecular flexibility index (Phi) is 5.14. The molecular formula is C12H21N3O4S. The molecule has 1 aliphatic rings. The maximum atomic E-state index is 12.5. The summed E-state index contributed by atoms with van der Waals surface area (Å²) in [5.41, 5.74) is 0. The molecule has 1 N–H and O–H groups in total. The van der Waals surface area contributed by atoms with Crippen molar-refractivity contribution in [1.82, 2.24) is 14.1 Å². The number of hydrogen-bond acceptors (Lipinski definition) is 5. The van der Waals surface area contributed by atoms with E-state index in [1.54, 1.807) is 11.8 Å². The predicted octanol–water partition coefficient (Wildman–Crippen LogP) is 0.0650. The van der Waals surface area contributed by atoms with Crippen LogP contribution in [0.2, 0.25) is 0 Å². The molecule has 0 atom stereocenters. The Morgan fingerprint density at radius 2 is 2.15 bits per heavy atom. The van der Waals surface area contributed by atoms with Gasteiger partial charge < -0.3 is 9.84 Å². The number of aliphatic hydroxyl groups is 1. The molecule has 0 aromatic carbocycles. The maximum absolute atomic E-state index is 12.5. The third-order valence-corrected chi connectivity index (χ3v) is 5.38. The Balaban J connectivity index is 2.04. The SMILES string of the molecule is COC1CCN(S(=O)(=O)c2cnn(CCCO)c2)CC1. The van der Waals surface area contributed by atoms with E-state index in [0.717, 1.165) is 0 Å². The molecule has 0 unspecified atom stereocenters. The molecule has 7 nitrogen and oxygen atoms in total. The number of rotatable bonds is 6. The molecule has 20 heavy (non-hydrogen) atoms. The van der Waals surface area contributed by atoms with Crippen molar-refractivity contribution in [3.63, 3.8) is 0 Å². The molecule has 1 saturated heterocycles. The Morgan fingerprint density at radius 3 is 2.75 bits per heavy atom. The second-order valence-corrected chi connectivity index (χ2v) is 6.79. The average Bonchev–Trinajstić information content (AvgIpc) is 2.94. The Bertz CT molecular complexity index is 521. The van der Waals surface area contributed by atoms with E-state index in [2.05, 4.69) is 5.10 Å². The summed E-state index contributed by atoms with van der Waals surface area (Å²) < 4.78 is 33.2. The van der Waals surface area contributed by atoms with Crippen LogP contribution in [0.5, 0.6) is 0 Å². The number of nitrogens with zero attached hydrogens (tertiary/aromatic N) is 3. The molecule has 2 heterocycles. The highest BCUT2D eigenvalue weighted by atomic mass is 32.2. The van der Waals surface area contributed by atoms with Gasteiger partial charge in [-0.05, 0) is 19.3 Å². The standard InChI is InChI=1S/C12H21N3O4S/c1-19-11-3-6-15(7-4-11)20(17,18)12-9-13-14(10-12)5-2-8-16/h9-11,16H,2-8H2,1H3. The van der Waals surface area contributed by atoms with Crippen molar-refractivity contribution in [2.24, 2.45) is 0 Å². The van der Waals surface area contributed by atoms with E-state index < -0.39 is 10.0 Å². The van der Waals surface area contributed by atoms with E-state index >= 15 is 0 Å². The van der Waals surface area contributed by atoms with Crippen LogP contribution < -0.4 is 0 Å². The number of sulfonamides is 1. The summed E-state index contributed by atoms with van der Waals surface area (Å²) in [6, 6.07) is 0. The fourth-order valence-corrected chi connectivity index (χ4v) is 3.71. The number of ether oxygens (including phenoxy) is 1. The highest BCUT2D eigenvalue weighted by Crippen LogP contribution is 2.21. The number of methoxy groups -OCH3 is 1. The zero-order valence-electron chi connectivity index (χ0n) is 11.6. The zero-order valence-corrected chi connectivity index (χ0v) is 12.4. The first kappa shape index (κ1) is 15.4. The molecule has 1 aliphatic heterocycles. The third kappa shape index (κ3) is 3.38. The number of aryl methyl sites for hydroxylation is 1. The molecule has 8 heteroatoms. The van der Waals surface area contributed by atoms with Crippen molar-refractivity contribution in [2.75, 3.05) is 26.8 Å². The number of aromatic nitrogens is 2. The van der Waals surface area contributed by atoms with Gasteiger partial charge in [-0.15, -0.1) is 0 Å². The van der Waals surface area contributed by atoms with Gasteiger partial charge in [0.15, 0.2) is 0 Å². The largest absolute Gasteiger partial charge is 0.396 e. The molecule has 2 rings (SSSR count). The molecule has 0 amide bonds. The summed E-state index contributed by atoms with van der Waals surface area (Å²) in [5.74, 6) is 0. The second kappa shape index (κ2) is 6.66. The van der Waals surface area contributed by atoms with Crippen molar-refractivity contribution >= 4 is 10.0 Å². The second-order valence-electron chi connectivity index (χ2n) is 4.86. The lowest BCUT2D eigenvalue weighted by atomic mass is 10.1. The predicted molar refractivity (Wildman–Crippen MR) is 72.7 cm³/mol. The lowest BCUT2D eigenvalue weighted by molar-refractivity contribution is 0.0604. The zero-order chi connectivity index (χ0) is 14.6. The summed E-state index contributed by atoms with van der Waals surface area (Å²) >= 11 is 0. The molecule has 1 fully saturated rings. The van der Waals surface area contributed by atoms with Gasteiger partial charge in [0, 0.05) is 39.5 Å². The van der Waals surface area contributed by atoms with Gasteiger partial charge in [-0.1, -0.05) is 0 Å². The Labute approximate surface area is 119 Å². The number of aliphatic hydroxyl groups excluding tert-OH is 1. The van der Waals surface area contributed by atoms with Gasteiger partial charge in [-0.3, -0.25) is 4.68 Å². The topological polar surface area (TPSA) is 84.7 Å². The molecule has 0 bridgehead atoms. The quantitative estimate of drug-likeness (QED) is 0.803. The van der Waals surface area contributed by atoms with Gasteiger partial charge >= 0.3 is 0 Å². The van der Waals surface area contributed by atoms with Crippen molar-refractivity contribution in [1.29, 1.82) is 0 Å². The molecule has 0 radical (unpaired) electrons. The van der Waals surface area contributed by atoms with Crippen molar-refractivity contribution in [3.8, 4) is 0 Å². The normalized spacial score (nSPS) is 18.5. The lowest BCUT2D eigenvalue weighted by Gasteiger charge is -2.29. The number of piperidine rings is 1. The van der Waals surface area contributed by atoms with Gasteiger partial charge in [0.05, 0.1) is 12.3 Å². The molecule has 1 aromatic rings. The molecule has 0 aliphatic carbocycles. The van der Waals surface area contributed by atoms with E-state index in [0.29, 0.717) is 38.9 Å². The first-order chi connectivity index (χ1) is 9.57. The minimum Gasteiger partial charge on any atom is -0.396 e. The smallest absolute Gasteiger partial charge is 0.246 e. The number of hydrogen-bond donors (Lipinski definition) is 1. The highest BCUT2D eigenvalue weighted by molar-refractivity contribution is 7.89. The van der Waals surface area contributed by atoms with E-state index in [1.165, 1.54) is 16.7 Å². The van der Waals surface area contributed by atoms with E-state index in [1.807, 2.05) is 0 Å². The van der Waals surface area contributed by atoms with Gasteiger partial charge in [-0.25, -0.2) is 8.42 Å². The molecule has 0 spiro atoms. The lowest BCUT2D eigenvalue weighted by Crippen LogP contribution is -2.40.